The van der Waals surface area contributed by atoms with Gasteiger partial charge in [-0.25, -0.2) is 0 Å². The van der Waals surface area contributed by atoms with Crippen molar-refractivity contribution in [2.75, 3.05) is 5.75 Å². The van der Waals surface area contributed by atoms with E-state index in [1.807, 2.05) is 23.5 Å². The summed E-state index contributed by atoms with van der Waals surface area (Å²) >= 11 is 22.7. The normalized spacial score (nSPS) is 25.8. The van der Waals surface area contributed by atoms with Crippen LogP contribution in [-0.4, -0.2) is 21.3 Å². The van der Waals surface area contributed by atoms with Crippen molar-refractivity contribution in [2.45, 2.75) is 41.9 Å². The summed E-state index contributed by atoms with van der Waals surface area (Å²) in [5.74, 6) is 1.15. The summed E-state index contributed by atoms with van der Waals surface area (Å²) in [4.78, 5) is 0. The highest BCUT2D eigenvalue weighted by Crippen LogP contribution is 2.51. The van der Waals surface area contributed by atoms with Crippen LogP contribution in [0.5, 0.6) is 0 Å². The van der Waals surface area contributed by atoms with E-state index in [2.05, 4.69) is 6.92 Å². The number of hydrogen-bond donors (Lipinski definition) is 1. The van der Waals surface area contributed by atoms with E-state index in [1.54, 1.807) is 12.1 Å². The van der Waals surface area contributed by atoms with E-state index in [1.165, 1.54) is 12.6 Å². The van der Waals surface area contributed by atoms with E-state index in [0.717, 1.165) is 30.6 Å². The third kappa shape index (κ3) is 4.71. The molecule has 0 aromatic heterocycles. The second-order valence-electron chi connectivity index (χ2n) is 5.24. The molecular formula is C15H18Cl3NS2. The van der Waals surface area contributed by atoms with E-state index < -0.39 is 0 Å². The van der Waals surface area contributed by atoms with Crippen LogP contribution in [0, 0.1) is 5.41 Å². The van der Waals surface area contributed by atoms with Gasteiger partial charge in [-0.1, -0.05) is 41.7 Å². The Balaban J connectivity index is 2.28. The summed E-state index contributed by atoms with van der Waals surface area (Å²) in [6, 6.07) is 3.52. The average molecular weight is 383 g/mol. The fourth-order valence-corrected chi connectivity index (χ4v) is 7.38. The first-order valence-corrected chi connectivity index (χ1v) is 9.90. The third-order valence-electron chi connectivity index (χ3n) is 3.53. The summed E-state index contributed by atoms with van der Waals surface area (Å²) in [7, 11) is 0. The van der Waals surface area contributed by atoms with E-state index in [4.69, 9.17) is 40.2 Å². The van der Waals surface area contributed by atoms with Gasteiger partial charge in [-0.15, -0.1) is 23.5 Å². The SMILES string of the molecule is CC1CCSC(CCC=N)(Cc2c(Cl)cc(Cl)cc2Cl)S1. The Morgan fingerprint density at radius 1 is 1.33 bits per heavy atom. The van der Waals surface area contributed by atoms with Gasteiger partial charge in [0.05, 0.1) is 4.08 Å². The molecule has 6 heteroatoms. The third-order valence-corrected chi connectivity index (χ3v) is 7.79. The van der Waals surface area contributed by atoms with Crippen molar-refractivity contribution in [3.63, 3.8) is 0 Å². The number of hydrogen-bond acceptors (Lipinski definition) is 3. The highest BCUT2D eigenvalue weighted by molar-refractivity contribution is 8.19. The van der Waals surface area contributed by atoms with Gasteiger partial charge in [-0.2, -0.15) is 0 Å². The Labute approximate surface area is 150 Å². The molecule has 21 heavy (non-hydrogen) atoms. The van der Waals surface area contributed by atoms with Gasteiger partial charge in [0.1, 0.15) is 0 Å². The molecule has 1 fully saturated rings. The largest absolute Gasteiger partial charge is 0.313 e. The van der Waals surface area contributed by atoms with Crippen LogP contribution in [0.4, 0.5) is 0 Å². The molecule has 2 unspecified atom stereocenters. The van der Waals surface area contributed by atoms with Crippen LogP contribution >= 0.6 is 58.3 Å². The fourth-order valence-electron chi connectivity index (χ4n) is 2.49. The molecule has 0 spiro atoms. The number of halogens is 3. The van der Waals surface area contributed by atoms with Crippen molar-refractivity contribution in [1.29, 1.82) is 5.41 Å². The smallest absolute Gasteiger partial charge is 0.0658 e. The number of nitrogens with one attached hydrogen (secondary N) is 1. The molecule has 1 nitrogen and oxygen atoms in total. The minimum absolute atomic E-state index is 0.0519. The van der Waals surface area contributed by atoms with Gasteiger partial charge in [0, 0.05) is 20.3 Å². The predicted octanol–water partition coefficient (Wildman–Crippen LogP) is 6.57. The van der Waals surface area contributed by atoms with Crippen molar-refractivity contribution in [3.05, 3.63) is 32.8 Å². The van der Waals surface area contributed by atoms with Crippen LogP contribution < -0.4 is 0 Å². The van der Waals surface area contributed by atoms with Crippen molar-refractivity contribution in [1.82, 2.24) is 0 Å². The maximum atomic E-state index is 7.34. The van der Waals surface area contributed by atoms with Gasteiger partial charge in [0.2, 0.25) is 0 Å². The van der Waals surface area contributed by atoms with Crippen molar-refractivity contribution in [3.8, 4) is 0 Å². The molecular weight excluding hydrogens is 365 g/mol. The molecule has 0 bridgehead atoms. The number of thioether (sulfide) groups is 2. The van der Waals surface area contributed by atoms with Gasteiger partial charge in [0.25, 0.3) is 0 Å². The van der Waals surface area contributed by atoms with Crippen LogP contribution in [0.25, 0.3) is 0 Å². The maximum Gasteiger partial charge on any atom is 0.0658 e. The summed E-state index contributed by atoms with van der Waals surface area (Å²) in [5.41, 5.74) is 0.974. The number of rotatable bonds is 5. The molecule has 116 valence electrons. The lowest BCUT2D eigenvalue weighted by atomic mass is 10.1. The van der Waals surface area contributed by atoms with E-state index in [0.29, 0.717) is 20.3 Å². The zero-order chi connectivity index (χ0) is 15.5. The summed E-state index contributed by atoms with van der Waals surface area (Å²) in [6.45, 7) is 2.27. The highest BCUT2D eigenvalue weighted by atomic mass is 35.5. The topological polar surface area (TPSA) is 23.9 Å². The minimum atomic E-state index is 0.0519. The molecule has 0 aliphatic carbocycles. The Bertz CT molecular complexity index is 501. The Morgan fingerprint density at radius 3 is 2.57 bits per heavy atom. The molecule has 1 N–H and O–H groups in total. The molecule has 2 rings (SSSR count). The standard InChI is InChI=1S/C15H18Cl3NS2/c1-10-3-6-20-15(21-10,4-2-5-19)9-12-13(17)7-11(16)8-14(12)18/h5,7-8,10,19H,2-4,6,9H2,1H3. The first kappa shape index (κ1) is 17.8. The average Bonchev–Trinajstić information content (AvgIpc) is 2.41. The molecule has 1 aliphatic rings. The summed E-state index contributed by atoms with van der Waals surface area (Å²) in [6.07, 6.45) is 5.29. The Morgan fingerprint density at radius 2 is 2.00 bits per heavy atom. The molecule has 1 aliphatic heterocycles. The van der Waals surface area contributed by atoms with Crippen LogP contribution in [0.3, 0.4) is 0 Å². The zero-order valence-corrected chi connectivity index (χ0v) is 15.7. The molecule has 1 aromatic carbocycles. The summed E-state index contributed by atoms with van der Waals surface area (Å²) in [5, 5.41) is 9.81. The second-order valence-corrected chi connectivity index (χ2v) is 10.1. The lowest BCUT2D eigenvalue weighted by Crippen LogP contribution is -2.31. The molecule has 1 saturated heterocycles. The second kappa shape index (κ2) is 7.83. The molecule has 2 atom stereocenters. The van der Waals surface area contributed by atoms with E-state index in [-0.39, 0.29) is 4.08 Å². The van der Waals surface area contributed by atoms with Crippen LogP contribution in [0.1, 0.15) is 31.7 Å². The molecule has 1 heterocycles. The lowest BCUT2D eigenvalue weighted by molar-refractivity contribution is 0.713. The Kier molecular flexibility index (Phi) is 6.64. The van der Waals surface area contributed by atoms with Gasteiger partial charge in [-0.05, 0) is 55.3 Å². The van der Waals surface area contributed by atoms with Crippen molar-refractivity contribution in [2.24, 2.45) is 0 Å². The monoisotopic (exact) mass is 381 g/mol. The molecule has 0 saturated carbocycles. The lowest BCUT2D eigenvalue weighted by Gasteiger charge is -2.39. The quantitative estimate of drug-likeness (QED) is 0.582. The first-order valence-electron chi connectivity index (χ1n) is 6.90. The first-order chi connectivity index (χ1) is 9.96. The van der Waals surface area contributed by atoms with E-state index in [9.17, 15) is 0 Å². The number of benzene rings is 1. The molecule has 0 amide bonds. The van der Waals surface area contributed by atoms with Crippen LogP contribution in [-0.2, 0) is 6.42 Å². The zero-order valence-electron chi connectivity index (χ0n) is 11.8. The Hall–Kier alpha value is 0.460. The minimum Gasteiger partial charge on any atom is -0.313 e. The van der Waals surface area contributed by atoms with Gasteiger partial charge in [0.15, 0.2) is 0 Å². The van der Waals surface area contributed by atoms with Gasteiger partial charge >= 0.3 is 0 Å². The van der Waals surface area contributed by atoms with E-state index >= 15 is 0 Å². The fraction of sp³-hybridized carbons (Fsp3) is 0.533. The molecule has 1 aromatic rings. The predicted molar refractivity (Wildman–Crippen MR) is 100 cm³/mol. The van der Waals surface area contributed by atoms with Crippen molar-refractivity contribution < 1.29 is 0 Å². The van der Waals surface area contributed by atoms with Gasteiger partial charge < -0.3 is 5.41 Å². The summed E-state index contributed by atoms with van der Waals surface area (Å²) < 4.78 is 0.0519. The van der Waals surface area contributed by atoms with Gasteiger partial charge in [-0.3, -0.25) is 0 Å². The van der Waals surface area contributed by atoms with Crippen molar-refractivity contribution >= 4 is 64.5 Å². The molecule has 0 radical (unpaired) electrons. The van der Waals surface area contributed by atoms with Crippen LogP contribution in [0.15, 0.2) is 12.1 Å². The maximum absolute atomic E-state index is 7.34. The highest BCUT2D eigenvalue weighted by Gasteiger charge is 2.37. The van der Waals surface area contributed by atoms with Crippen LogP contribution in [0.2, 0.25) is 15.1 Å².